The number of benzene rings is 3. The van der Waals surface area contributed by atoms with Crippen LogP contribution in [0.15, 0.2) is 83.8 Å². The van der Waals surface area contributed by atoms with Gasteiger partial charge in [-0.2, -0.15) is 0 Å². The monoisotopic (exact) mass is 551 g/mol. The first-order valence-electron chi connectivity index (χ1n) is 12.4. The summed E-state index contributed by atoms with van der Waals surface area (Å²) in [5.41, 5.74) is 7.63. The standard InChI is InChI=1S/C20H23NO3S.C10H14.2CH2O/c1-15(2)20(22)18-8-4-16(5-9-18)12-13-21-14-17-6-10-19(11-7-17)25(3,23)24;1-4-10-6-5-8(2)7-9(10)3;2*1-2/h4-11,21H,1,12-14H2,2-3H3;5-7H,4H2,1-3H3;2*1H2. The molecule has 39 heavy (non-hydrogen) atoms. The van der Waals surface area contributed by atoms with Crippen LogP contribution in [0, 0.1) is 13.8 Å². The lowest BCUT2D eigenvalue weighted by Crippen LogP contribution is -2.16. The lowest BCUT2D eigenvalue weighted by Gasteiger charge is -2.07. The highest BCUT2D eigenvalue weighted by Gasteiger charge is 2.07. The molecule has 0 amide bonds. The first kappa shape index (κ1) is 35.3. The molecule has 1 N–H and O–H groups in total. The average Bonchev–Trinajstić information content (AvgIpc) is 2.93. The third-order valence-electron chi connectivity index (χ3n) is 5.75. The summed E-state index contributed by atoms with van der Waals surface area (Å²) < 4.78 is 22.8. The predicted molar refractivity (Wildman–Crippen MR) is 160 cm³/mol. The van der Waals surface area contributed by atoms with Crippen LogP contribution in [0.1, 0.15) is 52.0 Å². The largest absolute Gasteiger partial charge is 0.312 e. The fraction of sp³-hybridized carbons (Fsp3) is 0.281. The molecule has 0 fully saturated rings. The summed E-state index contributed by atoms with van der Waals surface area (Å²) in [5.74, 6) is -0.0257. The van der Waals surface area contributed by atoms with Crippen LogP contribution in [0.3, 0.4) is 0 Å². The Kier molecular flexibility index (Phi) is 16.8. The van der Waals surface area contributed by atoms with Crippen LogP contribution >= 0.6 is 0 Å². The highest BCUT2D eigenvalue weighted by Crippen LogP contribution is 2.12. The van der Waals surface area contributed by atoms with E-state index in [2.05, 4.69) is 50.9 Å². The van der Waals surface area contributed by atoms with Crippen molar-refractivity contribution in [3.05, 3.63) is 112 Å². The van der Waals surface area contributed by atoms with E-state index in [9.17, 15) is 13.2 Å². The summed E-state index contributed by atoms with van der Waals surface area (Å²) in [5, 5.41) is 3.33. The summed E-state index contributed by atoms with van der Waals surface area (Å²) >= 11 is 0. The van der Waals surface area contributed by atoms with E-state index in [1.165, 1.54) is 22.9 Å². The lowest BCUT2D eigenvalue weighted by atomic mass is 10.0. The molecule has 3 aromatic carbocycles. The van der Waals surface area contributed by atoms with Crippen molar-refractivity contribution in [3.63, 3.8) is 0 Å². The molecule has 0 spiro atoms. The van der Waals surface area contributed by atoms with Crippen molar-refractivity contribution in [1.29, 1.82) is 0 Å². The second-order valence-electron chi connectivity index (χ2n) is 8.93. The predicted octanol–water partition coefficient (Wildman–Crippen LogP) is 5.68. The maximum Gasteiger partial charge on any atom is 0.188 e. The van der Waals surface area contributed by atoms with Crippen molar-refractivity contribution in [1.82, 2.24) is 5.32 Å². The number of hydrogen-bond acceptors (Lipinski definition) is 6. The number of Topliss-reactive ketones (excluding diaryl/α,β-unsaturated/α-hetero) is 1. The van der Waals surface area contributed by atoms with Gasteiger partial charge in [0, 0.05) is 18.4 Å². The normalized spacial score (nSPS) is 9.97. The highest BCUT2D eigenvalue weighted by atomic mass is 32.2. The van der Waals surface area contributed by atoms with Gasteiger partial charge < -0.3 is 14.9 Å². The molecule has 0 atom stereocenters. The number of allylic oxidation sites excluding steroid dienone is 1. The number of aryl methyl sites for hydroxylation is 3. The van der Waals surface area contributed by atoms with Gasteiger partial charge in [-0.25, -0.2) is 8.42 Å². The Balaban J connectivity index is 0.000000857. The van der Waals surface area contributed by atoms with E-state index in [-0.39, 0.29) is 5.78 Å². The van der Waals surface area contributed by atoms with Gasteiger partial charge in [0.15, 0.2) is 15.6 Å². The van der Waals surface area contributed by atoms with Crippen LogP contribution in [-0.2, 0) is 38.8 Å². The number of sulfone groups is 1. The molecular weight excluding hydrogens is 510 g/mol. The summed E-state index contributed by atoms with van der Waals surface area (Å²) in [7, 11) is -3.15. The van der Waals surface area contributed by atoms with Crippen LogP contribution < -0.4 is 5.32 Å². The van der Waals surface area contributed by atoms with Crippen molar-refractivity contribution in [2.75, 3.05) is 12.8 Å². The summed E-state index contributed by atoms with van der Waals surface area (Å²) in [6.45, 7) is 17.3. The first-order valence-corrected chi connectivity index (χ1v) is 14.3. The molecule has 0 unspecified atom stereocenters. The van der Waals surface area contributed by atoms with E-state index in [1.807, 2.05) is 50.0 Å². The molecule has 3 aromatic rings. The second-order valence-corrected chi connectivity index (χ2v) is 10.9. The zero-order valence-corrected chi connectivity index (χ0v) is 24.6. The maximum absolute atomic E-state index is 11.8. The van der Waals surface area contributed by atoms with Gasteiger partial charge in [0.2, 0.25) is 0 Å². The SMILES string of the molecule is C=C(C)C(=O)c1ccc(CCNCc2ccc(S(C)(=O)=O)cc2)cc1.C=O.C=O.CCc1ccc(C)cc1C. The minimum Gasteiger partial charge on any atom is -0.312 e. The fourth-order valence-corrected chi connectivity index (χ4v) is 4.26. The van der Waals surface area contributed by atoms with Gasteiger partial charge in [0.1, 0.15) is 13.6 Å². The molecule has 0 aromatic heterocycles. The van der Waals surface area contributed by atoms with E-state index in [0.29, 0.717) is 22.6 Å². The molecule has 0 radical (unpaired) electrons. The highest BCUT2D eigenvalue weighted by molar-refractivity contribution is 7.90. The van der Waals surface area contributed by atoms with Crippen LogP contribution in [0.2, 0.25) is 0 Å². The lowest BCUT2D eigenvalue weighted by molar-refractivity contribution is -0.0987. The number of carbonyl (C=O) groups is 3. The zero-order chi connectivity index (χ0) is 30.0. The molecule has 0 heterocycles. The Bertz CT molecular complexity index is 1280. The molecule has 3 rings (SSSR count). The van der Waals surface area contributed by atoms with Gasteiger partial charge >= 0.3 is 0 Å². The van der Waals surface area contributed by atoms with Gasteiger partial charge in [0.25, 0.3) is 0 Å². The molecule has 6 nitrogen and oxygen atoms in total. The third kappa shape index (κ3) is 13.1. The van der Waals surface area contributed by atoms with Gasteiger partial charge in [-0.3, -0.25) is 4.79 Å². The average molecular weight is 552 g/mol. The Morgan fingerprint density at radius 2 is 1.38 bits per heavy atom. The number of rotatable bonds is 9. The maximum atomic E-state index is 11.8. The van der Waals surface area contributed by atoms with Crippen LogP contribution in [0.4, 0.5) is 0 Å². The van der Waals surface area contributed by atoms with Crippen molar-refractivity contribution in [2.45, 2.75) is 52.0 Å². The molecule has 210 valence electrons. The molecule has 0 saturated heterocycles. The molecule has 0 aliphatic heterocycles. The second kappa shape index (κ2) is 18.6. The van der Waals surface area contributed by atoms with Crippen LogP contribution in [0.25, 0.3) is 0 Å². The topological polar surface area (TPSA) is 97.4 Å². The van der Waals surface area contributed by atoms with Gasteiger partial charge in [-0.15, -0.1) is 0 Å². The number of carbonyl (C=O) groups excluding carboxylic acids is 3. The quantitative estimate of drug-likeness (QED) is 0.209. The van der Waals surface area contributed by atoms with Crippen molar-refractivity contribution >= 4 is 29.2 Å². The van der Waals surface area contributed by atoms with Crippen LogP contribution in [-0.4, -0.2) is 40.6 Å². The minimum atomic E-state index is -3.15. The van der Waals surface area contributed by atoms with Crippen LogP contribution in [0.5, 0.6) is 0 Å². The zero-order valence-electron chi connectivity index (χ0n) is 23.8. The van der Waals surface area contributed by atoms with Gasteiger partial charge in [-0.05, 0) is 80.1 Å². The number of hydrogen-bond donors (Lipinski definition) is 1. The fourth-order valence-electron chi connectivity index (χ4n) is 3.63. The molecule has 0 aliphatic carbocycles. The molecule has 7 heteroatoms. The summed E-state index contributed by atoms with van der Waals surface area (Å²) in [6.07, 6.45) is 3.20. The molecule has 0 bridgehead atoms. The summed E-state index contributed by atoms with van der Waals surface area (Å²) in [6, 6.07) is 21.1. The van der Waals surface area contributed by atoms with E-state index >= 15 is 0 Å². The Morgan fingerprint density at radius 3 is 1.85 bits per heavy atom. The minimum absolute atomic E-state index is 0.0257. The van der Waals surface area contributed by atoms with E-state index in [0.717, 1.165) is 30.5 Å². The van der Waals surface area contributed by atoms with Gasteiger partial charge in [0.05, 0.1) is 4.90 Å². The number of ketones is 1. The first-order chi connectivity index (χ1) is 18.5. The van der Waals surface area contributed by atoms with E-state index in [4.69, 9.17) is 9.59 Å². The summed E-state index contributed by atoms with van der Waals surface area (Å²) in [4.78, 5) is 28.1. The van der Waals surface area contributed by atoms with Crippen molar-refractivity contribution < 1.29 is 22.8 Å². The Morgan fingerprint density at radius 1 is 0.846 bits per heavy atom. The number of nitrogens with one attached hydrogen (secondary N) is 1. The van der Waals surface area contributed by atoms with Gasteiger partial charge in [-0.1, -0.05) is 73.7 Å². The molecule has 0 saturated carbocycles. The van der Waals surface area contributed by atoms with E-state index in [1.54, 1.807) is 19.1 Å². The molecule has 0 aliphatic rings. The molecular formula is C32H41NO5S. The Hall–Kier alpha value is -3.68. The third-order valence-corrected chi connectivity index (χ3v) is 6.88. The Labute approximate surface area is 234 Å². The smallest absolute Gasteiger partial charge is 0.188 e. The van der Waals surface area contributed by atoms with Crippen molar-refractivity contribution in [3.8, 4) is 0 Å². The van der Waals surface area contributed by atoms with Crippen molar-refractivity contribution in [2.24, 2.45) is 0 Å². The van der Waals surface area contributed by atoms with E-state index < -0.39 is 9.84 Å².